The van der Waals surface area contributed by atoms with Crippen molar-refractivity contribution >= 4 is 33.9 Å². The van der Waals surface area contributed by atoms with E-state index < -0.39 is 17.7 Å². The first kappa shape index (κ1) is 23.3. The van der Waals surface area contributed by atoms with Gasteiger partial charge in [0.15, 0.2) is 5.13 Å². The number of hydrogen-bond acceptors (Lipinski definition) is 7. The zero-order chi connectivity index (χ0) is 25.1. The predicted octanol–water partition coefficient (Wildman–Crippen LogP) is 5.96. The fraction of sp³-hybridized carbons (Fsp3) is 0.107. The topological polar surface area (TPSA) is 89.0 Å². The second kappa shape index (κ2) is 10.1. The fourth-order valence-electron chi connectivity index (χ4n) is 4.08. The summed E-state index contributed by atoms with van der Waals surface area (Å²) in [6.45, 7) is 2.38. The summed E-state index contributed by atoms with van der Waals surface area (Å²) in [5.41, 5.74) is 0.985. The molecule has 180 valence electrons. The zero-order valence-corrected chi connectivity index (χ0v) is 20.1. The predicted molar refractivity (Wildman–Crippen MR) is 137 cm³/mol. The van der Waals surface area contributed by atoms with Gasteiger partial charge in [-0.3, -0.25) is 14.5 Å². The van der Waals surface area contributed by atoms with Gasteiger partial charge >= 0.3 is 5.91 Å². The maximum atomic E-state index is 13.3. The van der Waals surface area contributed by atoms with E-state index in [9.17, 15) is 14.7 Å². The number of ether oxygens (including phenoxy) is 2. The van der Waals surface area contributed by atoms with Crippen LogP contribution in [0, 0.1) is 0 Å². The second-order valence-corrected chi connectivity index (χ2v) is 8.80. The largest absolute Gasteiger partial charge is 0.507 e. The Labute approximate surface area is 211 Å². The van der Waals surface area contributed by atoms with Gasteiger partial charge in [-0.2, -0.15) is 0 Å². The van der Waals surface area contributed by atoms with Gasteiger partial charge in [-0.25, -0.2) is 4.98 Å². The molecule has 1 atom stereocenters. The maximum absolute atomic E-state index is 13.3. The average molecular weight is 499 g/mol. The number of hydrogen-bond donors (Lipinski definition) is 1. The van der Waals surface area contributed by atoms with Crippen LogP contribution in [0.2, 0.25) is 0 Å². The molecule has 0 unspecified atom stereocenters. The number of Topliss-reactive ketones (excluding diaryl/α,β-unsaturated/α-hetero) is 1. The van der Waals surface area contributed by atoms with E-state index in [0.717, 1.165) is 0 Å². The molecule has 2 heterocycles. The number of carbonyl (C=O) groups excluding carboxylic acids is 2. The molecular weight excluding hydrogens is 476 g/mol. The van der Waals surface area contributed by atoms with Gasteiger partial charge in [0.1, 0.15) is 23.0 Å². The number of carbonyl (C=O) groups is 2. The molecule has 0 saturated carbocycles. The molecule has 1 amide bonds. The summed E-state index contributed by atoms with van der Waals surface area (Å²) in [5, 5.41) is 13.4. The highest BCUT2D eigenvalue weighted by Crippen LogP contribution is 2.43. The SMILES string of the molecule is CCOc1ccc(C(O)=C2C(=O)C(=O)N(c3nccs3)[C@H]2c2cccc(Oc3ccccc3)c2)cc1. The first-order valence-corrected chi connectivity index (χ1v) is 12.2. The highest BCUT2D eigenvalue weighted by molar-refractivity contribution is 7.14. The molecule has 1 aliphatic heterocycles. The van der Waals surface area contributed by atoms with E-state index in [2.05, 4.69) is 4.98 Å². The van der Waals surface area contributed by atoms with E-state index in [0.29, 0.717) is 40.1 Å². The highest BCUT2D eigenvalue weighted by Gasteiger charge is 2.48. The van der Waals surface area contributed by atoms with Gasteiger partial charge in [-0.1, -0.05) is 30.3 Å². The van der Waals surface area contributed by atoms with E-state index in [1.54, 1.807) is 60.1 Å². The lowest BCUT2D eigenvalue weighted by atomic mass is 9.95. The van der Waals surface area contributed by atoms with E-state index in [1.165, 1.54) is 16.2 Å². The van der Waals surface area contributed by atoms with Gasteiger partial charge in [-0.15, -0.1) is 11.3 Å². The molecule has 1 N–H and O–H groups in total. The number of nitrogens with zero attached hydrogens (tertiary/aromatic N) is 2. The van der Waals surface area contributed by atoms with Crippen LogP contribution < -0.4 is 14.4 Å². The third-order valence-electron chi connectivity index (χ3n) is 5.66. The minimum atomic E-state index is -0.887. The number of aromatic nitrogens is 1. The standard InChI is InChI=1S/C28H22N2O5S/c1-2-34-20-13-11-18(12-14-20)25(31)23-24(30(27(33)26(23)32)28-29-15-16-36-28)19-7-6-10-22(17-19)35-21-8-4-3-5-9-21/h3-17,24,31H,2H2,1H3/t24-/m0/s1. The van der Waals surface area contributed by atoms with E-state index in [1.807, 2.05) is 37.3 Å². The van der Waals surface area contributed by atoms with Crippen LogP contribution in [0.3, 0.4) is 0 Å². The monoisotopic (exact) mass is 498 g/mol. The van der Waals surface area contributed by atoms with Crippen molar-refractivity contribution in [2.45, 2.75) is 13.0 Å². The number of thiazole rings is 1. The highest BCUT2D eigenvalue weighted by atomic mass is 32.1. The molecule has 7 nitrogen and oxygen atoms in total. The van der Waals surface area contributed by atoms with Crippen molar-refractivity contribution in [3.05, 3.63) is 107 Å². The van der Waals surface area contributed by atoms with Crippen molar-refractivity contribution in [2.24, 2.45) is 0 Å². The number of para-hydroxylation sites is 1. The van der Waals surface area contributed by atoms with Crippen molar-refractivity contribution in [3.8, 4) is 17.2 Å². The Bertz CT molecular complexity index is 1420. The lowest BCUT2D eigenvalue weighted by Crippen LogP contribution is -2.29. The van der Waals surface area contributed by atoms with Crippen LogP contribution in [0.1, 0.15) is 24.1 Å². The summed E-state index contributed by atoms with van der Waals surface area (Å²) in [4.78, 5) is 32.1. The first-order valence-electron chi connectivity index (χ1n) is 11.3. The molecule has 8 heteroatoms. The molecule has 1 saturated heterocycles. The molecule has 1 aromatic heterocycles. The summed E-state index contributed by atoms with van der Waals surface area (Å²) in [6, 6.07) is 22.3. The molecule has 4 aromatic rings. The van der Waals surface area contributed by atoms with Gasteiger partial charge in [-0.05, 0) is 61.0 Å². The van der Waals surface area contributed by atoms with E-state index in [4.69, 9.17) is 9.47 Å². The van der Waals surface area contributed by atoms with E-state index in [-0.39, 0.29) is 11.3 Å². The third-order valence-corrected chi connectivity index (χ3v) is 6.43. The number of benzene rings is 3. The lowest BCUT2D eigenvalue weighted by molar-refractivity contribution is -0.132. The van der Waals surface area contributed by atoms with Crippen LogP contribution >= 0.6 is 11.3 Å². The Balaban J connectivity index is 1.61. The summed E-state index contributed by atoms with van der Waals surface area (Å²) in [7, 11) is 0. The van der Waals surface area contributed by atoms with Crippen molar-refractivity contribution in [1.82, 2.24) is 4.98 Å². The smallest absolute Gasteiger partial charge is 0.301 e. The minimum Gasteiger partial charge on any atom is -0.507 e. The number of aliphatic hydroxyl groups excluding tert-OH is 1. The summed E-state index contributed by atoms with van der Waals surface area (Å²) in [5.74, 6) is 0.0183. The number of ketones is 1. The maximum Gasteiger partial charge on any atom is 0.301 e. The normalized spacial score (nSPS) is 16.8. The van der Waals surface area contributed by atoms with Gasteiger partial charge < -0.3 is 14.6 Å². The molecule has 0 bridgehead atoms. The summed E-state index contributed by atoms with van der Waals surface area (Å²) in [6.07, 6.45) is 1.57. The van der Waals surface area contributed by atoms with Crippen LogP contribution in [-0.2, 0) is 9.59 Å². The van der Waals surface area contributed by atoms with Crippen LogP contribution in [0.4, 0.5) is 5.13 Å². The molecule has 1 aliphatic rings. The Hall–Kier alpha value is -4.43. The number of anilines is 1. The van der Waals surface area contributed by atoms with Crippen molar-refractivity contribution in [1.29, 1.82) is 0 Å². The third kappa shape index (κ3) is 4.46. The molecule has 0 aliphatic carbocycles. The van der Waals surface area contributed by atoms with Crippen molar-refractivity contribution in [2.75, 3.05) is 11.5 Å². The molecule has 5 rings (SSSR count). The van der Waals surface area contributed by atoms with Gasteiger partial charge in [0, 0.05) is 17.1 Å². The van der Waals surface area contributed by atoms with E-state index >= 15 is 0 Å². The molecular formula is C28H22N2O5S. The Morgan fingerprint density at radius 3 is 2.42 bits per heavy atom. The molecule has 3 aromatic carbocycles. The Morgan fingerprint density at radius 2 is 1.72 bits per heavy atom. The van der Waals surface area contributed by atoms with Crippen LogP contribution in [0.5, 0.6) is 17.2 Å². The van der Waals surface area contributed by atoms with Gasteiger partial charge in [0.05, 0.1) is 18.2 Å². The van der Waals surface area contributed by atoms with Gasteiger partial charge in [0.2, 0.25) is 0 Å². The minimum absolute atomic E-state index is 0.0174. The second-order valence-electron chi connectivity index (χ2n) is 7.93. The quantitative estimate of drug-likeness (QED) is 0.192. The van der Waals surface area contributed by atoms with Gasteiger partial charge in [0.25, 0.3) is 5.78 Å². The van der Waals surface area contributed by atoms with Crippen molar-refractivity contribution in [3.63, 3.8) is 0 Å². The average Bonchev–Trinajstić information content (AvgIpc) is 3.52. The fourth-order valence-corrected chi connectivity index (χ4v) is 4.75. The Kier molecular flexibility index (Phi) is 6.51. The zero-order valence-electron chi connectivity index (χ0n) is 19.3. The number of rotatable bonds is 7. The summed E-state index contributed by atoms with van der Waals surface area (Å²) >= 11 is 1.24. The van der Waals surface area contributed by atoms with Crippen LogP contribution in [0.15, 0.2) is 96.0 Å². The summed E-state index contributed by atoms with van der Waals surface area (Å²) < 4.78 is 11.5. The first-order chi connectivity index (χ1) is 17.6. The molecule has 0 spiro atoms. The molecule has 0 radical (unpaired) electrons. The van der Waals surface area contributed by atoms with Crippen molar-refractivity contribution < 1.29 is 24.2 Å². The Morgan fingerprint density at radius 1 is 0.972 bits per heavy atom. The van der Waals surface area contributed by atoms with Crippen LogP contribution in [-0.4, -0.2) is 28.4 Å². The molecule has 1 fully saturated rings. The van der Waals surface area contributed by atoms with Crippen LogP contribution in [0.25, 0.3) is 5.76 Å². The number of amides is 1. The molecule has 36 heavy (non-hydrogen) atoms. The lowest BCUT2D eigenvalue weighted by Gasteiger charge is -2.23. The number of aliphatic hydroxyl groups is 1.